The Labute approximate surface area is 146 Å². The van der Waals surface area contributed by atoms with E-state index in [9.17, 15) is 4.79 Å². The molecule has 0 bridgehead atoms. The lowest BCUT2D eigenvalue weighted by molar-refractivity contribution is 0.0761. The van der Waals surface area contributed by atoms with Crippen molar-refractivity contribution in [2.75, 3.05) is 31.1 Å². The summed E-state index contributed by atoms with van der Waals surface area (Å²) < 4.78 is 0. The fraction of sp³-hybridized carbons (Fsp3) is 0.529. The molecule has 0 radical (unpaired) electrons. The van der Waals surface area contributed by atoms with Crippen LogP contribution < -0.4 is 4.90 Å². The molecule has 3 heterocycles. The minimum absolute atomic E-state index is 0.0438. The smallest absolute Gasteiger partial charge is 0.273 e. The molecule has 1 aliphatic heterocycles. The van der Waals surface area contributed by atoms with Crippen molar-refractivity contribution in [1.82, 2.24) is 20.1 Å². The Bertz CT molecular complexity index is 673. The maximum absolute atomic E-state index is 12.7. The fourth-order valence-electron chi connectivity index (χ4n) is 2.83. The summed E-state index contributed by atoms with van der Waals surface area (Å²) in [4.78, 5) is 21.3. The van der Waals surface area contributed by atoms with Crippen molar-refractivity contribution in [3.8, 4) is 0 Å². The first kappa shape index (κ1) is 16.8. The number of thiazole rings is 1. The van der Waals surface area contributed by atoms with E-state index in [1.165, 1.54) is 0 Å². The maximum Gasteiger partial charge on any atom is 0.273 e. The first-order valence-electron chi connectivity index (χ1n) is 8.40. The molecule has 0 saturated carbocycles. The molecule has 7 heteroatoms. The van der Waals surface area contributed by atoms with Crippen LogP contribution in [0, 0.1) is 5.92 Å². The van der Waals surface area contributed by atoms with Gasteiger partial charge < -0.3 is 9.80 Å². The summed E-state index contributed by atoms with van der Waals surface area (Å²) in [5.41, 5.74) is 0.587. The molecule has 0 aromatic carbocycles. The Morgan fingerprint density at radius 2 is 2.17 bits per heavy atom. The summed E-state index contributed by atoms with van der Waals surface area (Å²) in [6, 6.07) is 3.85. The summed E-state index contributed by atoms with van der Waals surface area (Å²) in [6.07, 6.45) is 3.53. The van der Waals surface area contributed by atoms with E-state index in [2.05, 4.69) is 33.9 Å². The van der Waals surface area contributed by atoms with Crippen LogP contribution in [0.15, 0.2) is 23.7 Å². The molecule has 24 heavy (non-hydrogen) atoms. The largest absolute Gasteiger partial charge is 0.353 e. The van der Waals surface area contributed by atoms with Gasteiger partial charge in [-0.15, -0.1) is 16.4 Å². The minimum atomic E-state index is 0.0438. The highest BCUT2D eigenvalue weighted by Gasteiger charge is 2.22. The zero-order valence-electron chi connectivity index (χ0n) is 14.2. The zero-order chi connectivity index (χ0) is 16.9. The van der Waals surface area contributed by atoms with Crippen molar-refractivity contribution >= 4 is 23.1 Å². The third-order valence-corrected chi connectivity index (χ3v) is 4.89. The van der Waals surface area contributed by atoms with Gasteiger partial charge in [-0.1, -0.05) is 13.8 Å². The van der Waals surface area contributed by atoms with E-state index in [0.717, 1.165) is 43.3 Å². The topological polar surface area (TPSA) is 62.2 Å². The van der Waals surface area contributed by atoms with Crippen LogP contribution in [0.25, 0.3) is 0 Å². The Balaban J connectivity index is 1.63. The Kier molecular flexibility index (Phi) is 5.40. The van der Waals surface area contributed by atoms with E-state index in [4.69, 9.17) is 0 Å². The van der Waals surface area contributed by atoms with Gasteiger partial charge in [0.05, 0.1) is 5.01 Å². The van der Waals surface area contributed by atoms with Crippen molar-refractivity contribution in [3.05, 3.63) is 34.4 Å². The van der Waals surface area contributed by atoms with Crippen molar-refractivity contribution in [2.24, 2.45) is 5.92 Å². The normalized spacial score (nSPS) is 15.6. The van der Waals surface area contributed by atoms with Gasteiger partial charge in [-0.05, 0) is 24.5 Å². The lowest BCUT2D eigenvalue weighted by atomic mass is 10.1. The Hall–Kier alpha value is -2.02. The number of anilines is 1. The van der Waals surface area contributed by atoms with Crippen molar-refractivity contribution in [1.29, 1.82) is 0 Å². The second kappa shape index (κ2) is 7.70. The third kappa shape index (κ3) is 4.08. The van der Waals surface area contributed by atoms with Gasteiger partial charge in [0.25, 0.3) is 5.91 Å². The van der Waals surface area contributed by atoms with E-state index < -0.39 is 0 Å². The molecule has 2 aromatic rings. The highest BCUT2D eigenvalue weighted by atomic mass is 32.1. The third-order valence-electron chi connectivity index (χ3n) is 4.02. The lowest BCUT2D eigenvalue weighted by Gasteiger charge is -2.21. The summed E-state index contributed by atoms with van der Waals surface area (Å²) in [7, 11) is 0. The van der Waals surface area contributed by atoms with Gasteiger partial charge in [-0.3, -0.25) is 4.79 Å². The second-order valence-corrected chi connectivity index (χ2v) is 7.38. The van der Waals surface area contributed by atoms with E-state index >= 15 is 0 Å². The summed E-state index contributed by atoms with van der Waals surface area (Å²) in [5, 5.41) is 11.0. The van der Waals surface area contributed by atoms with E-state index in [0.29, 0.717) is 18.2 Å². The van der Waals surface area contributed by atoms with Crippen molar-refractivity contribution in [3.63, 3.8) is 0 Å². The summed E-state index contributed by atoms with van der Waals surface area (Å²) >= 11 is 1.59. The van der Waals surface area contributed by atoms with Crippen molar-refractivity contribution < 1.29 is 4.79 Å². The molecule has 1 amide bonds. The second-order valence-electron chi connectivity index (χ2n) is 6.44. The van der Waals surface area contributed by atoms with Gasteiger partial charge in [0.2, 0.25) is 0 Å². The van der Waals surface area contributed by atoms with Gasteiger partial charge in [-0.25, -0.2) is 4.98 Å². The molecule has 0 unspecified atom stereocenters. The van der Waals surface area contributed by atoms with Crippen LogP contribution in [0.3, 0.4) is 0 Å². The molecule has 1 fully saturated rings. The lowest BCUT2D eigenvalue weighted by Crippen LogP contribution is -2.35. The number of nitrogens with zero attached hydrogens (tertiary/aromatic N) is 5. The van der Waals surface area contributed by atoms with Gasteiger partial charge in [0.15, 0.2) is 5.82 Å². The van der Waals surface area contributed by atoms with Crippen LogP contribution >= 0.6 is 11.3 Å². The molecule has 1 aliphatic rings. The highest BCUT2D eigenvalue weighted by Crippen LogP contribution is 2.17. The van der Waals surface area contributed by atoms with E-state index in [-0.39, 0.29) is 5.91 Å². The number of carbonyl (C=O) groups excluding carboxylic acids is 1. The molecule has 0 aliphatic carbocycles. The predicted octanol–water partition coefficient (Wildman–Crippen LogP) is 2.48. The molecule has 1 saturated heterocycles. The van der Waals surface area contributed by atoms with Gasteiger partial charge in [-0.2, -0.15) is 5.10 Å². The average Bonchev–Trinajstić information content (AvgIpc) is 2.90. The van der Waals surface area contributed by atoms with E-state index in [1.807, 2.05) is 22.4 Å². The molecule has 0 N–H and O–H groups in total. The first-order valence-corrected chi connectivity index (χ1v) is 9.28. The van der Waals surface area contributed by atoms with Crippen LogP contribution in [0.4, 0.5) is 5.82 Å². The minimum Gasteiger partial charge on any atom is -0.353 e. The standard InChI is InChI=1S/C17H23N5OS/c1-13(2)11-16-19-14(12-24-16)17(23)22-8-4-7-21(9-10-22)15-5-3-6-18-20-15/h3,5-6,12-13H,4,7-11H2,1-2H3. The Morgan fingerprint density at radius 3 is 2.92 bits per heavy atom. The molecule has 2 aromatic heterocycles. The monoisotopic (exact) mass is 345 g/mol. The number of amides is 1. The van der Waals surface area contributed by atoms with Gasteiger partial charge >= 0.3 is 0 Å². The van der Waals surface area contributed by atoms with Crippen molar-refractivity contribution in [2.45, 2.75) is 26.7 Å². The van der Waals surface area contributed by atoms with Crippen LogP contribution in [-0.4, -0.2) is 52.2 Å². The maximum atomic E-state index is 12.7. The van der Waals surface area contributed by atoms with Crippen LogP contribution in [0.1, 0.15) is 35.8 Å². The molecular formula is C17H23N5OS. The molecular weight excluding hydrogens is 322 g/mol. The number of rotatable bonds is 4. The van der Waals surface area contributed by atoms with E-state index in [1.54, 1.807) is 17.5 Å². The number of hydrogen-bond donors (Lipinski definition) is 0. The SMILES string of the molecule is CC(C)Cc1nc(C(=O)N2CCCN(c3cccnn3)CC2)cs1. The predicted molar refractivity (Wildman–Crippen MR) is 95.4 cm³/mol. The molecule has 3 rings (SSSR count). The zero-order valence-corrected chi connectivity index (χ0v) is 15.0. The molecule has 0 spiro atoms. The summed E-state index contributed by atoms with van der Waals surface area (Å²) in [5.74, 6) is 1.47. The van der Waals surface area contributed by atoms with Crippen LogP contribution in [0.2, 0.25) is 0 Å². The van der Waals surface area contributed by atoms with Gasteiger partial charge in [0.1, 0.15) is 5.69 Å². The number of hydrogen-bond acceptors (Lipinski definition) is 6. The number of carbonyl (C=O) groups is 1. The molecule has 6 nitrogen and oxygen atoms in total. The quantitative estimate of drug-likeness (QED) is 0.852. The molecule has 0 atom stereocenters. The van der Waals surface area contributed by atoms with Gasteiger partial charge in [0, 0.05) is 44.2 Å². The highest BCUT2D eigenvalue weighted by molar-refractivity contribution is 7.09. The summed E-state index contributed by atoms with van der Waals surface area (Å²) in [6.45, 7) is 7.43. The average molecular weight is 345 g/mol. The van der Waals surface area contributed by atoms with Crippen LogP contribution in [0.5, 0.6) is 0 Å². The number of aromatic nitrogens is 3. The van der Waals surface area contributed by atoms with Crippen LogP contribution in [-0.2, 0) is 6.42 Å². The molecule has 128 valence electrons. The fourth-order valence-corrected chi connectivity index (χ4v) is 3.81. The Morgan fingerprint density at radius 1 is 1.29 bits per heavy atom. The first-order chi connectivity index (χ1) is 11.6.